The molecule has 0 aromatic heterocycles. The van der Waals surface area contributed by atoms with Gasteiger partial charge in [0.25, 0.3) is 6.43 Å². The minimum Gasteiger partial charge on any atom is -0.399 e. The summed E-state index contributed by atoms with van der Waals surface area (Å²) < 4.78 is 25.9. The molecule has 0 aliphatic rings. The average Bonchev–Trinajstić information content (AvgIpc) is 2.28. The summed E-state index contributed by atoms with van der Waals surface area (Å²) in [5, 5.41) is 5.58. The van der Waals surface area contributed by atoms with E-state index in [4.69, 9.17) is 5.73 Å². The van der Waals surface area contributed by atoms with Gasteiger partial charge >= 0.3 is 0 Å². The second-order valence-electron chi connectivity index (χ2n) is 5.75. The Morgan fingerprint density at radius 2 is 1.90 bits per heavy atom. The molecule has 0 saturated heterocycles. The number of anilines is 2. The van der Waals surface area contributed by atoms with E-state index in [1.54, 1.807) is 6.92 Å². The van der Waals surface area contributed by atoms with E-state index < -0.39 is 12.5 Å². The van der Waals surface area contributed by atoms with Crippen LogP contribution in [0, 0.1) is 0 Å². The van der Waals surface area contributed by atoms with E-state index in [9.17, 15) is 13.6 Å². The number of benzene rings is 1. The molecule has 1 amide bonds. The molecule has 0 heterocycles. The standard InChI is InChI=1S/C14H21F2N3O/c1-8(13(20)19-14(2,3)4)18-11-6-5-9(17)7-10(11)12(15)16/h5-8,12,18H,17H2,1-4H3,(H,19,20). The molecule has 0 bridgehead atoms. The smallest absolute Gasteiger partial charge is 0.265 e. The molecule has 20 heavy (non-hydrogen) atoms. The van der Waals surface area contributed by atoms with Gasteiger partial charge in [0.1, 0.15) is 6.04 Å². The SMILES string of the molecule is CC(Nc1ccc(N)cc1C(F)F)C(=O)NC(C)(C)C. The molecule has 6 heteroatoms. The lowest BCUT2D eigenvalue weighted by atomic mass is 10.1. The number of halogens is 2. The third-order valence-corrected chi connectivity index (χ3v) is 2.57. The van der Waals surface area contributed by atoms with Crippen molar-refractivity contribution in [3.8, 4) is 0 Å². The van der Waals surface area contributed by atoms with Crippen LogP contribution in [0.2, 0.25) is 0 Å². The van der Waals surface area contributed by atoms with E-state index in [1.807, 2.05) is 20.8 Å². The maximum absolute atomic E-state index is 12.9. The number of nitrogen functional groups attached to an aromatic ring is 1. The molecule has 1 atom stereocenters. The van der Waals surface area contributed by atoms with Crippen LogP contribution in [-0.4, -0.2) is 17.5 Å². The van der Waals surface area contributed by atoms with Crippen molar-refractivity contribution in [1.82, 2.24) is 5.32 Å². The van der Waals surface area contributed by atoms with Gasteiger partial charge in [0.2, 0.25) is 5.91 Å². The van der Waals surface area contributed by atoms with Gasteiger partial charge < -0.3 is 16.4 Å². The predicted octanol–water partition coefficient (Wildman–Crippen LogP) is 2.92. The van der Waals surface area contributed by atoms with Gasteiger partial charge in [-0.1, -0.05) is 0 Å². The highest BCUT2D eigenvalue weighted by Crippen LogP contribution is 2.29. The van der Waals surface area contributed by atoms with Gasteiger partial charge in [-0.25, -0.2) is 8.78 Å². The Morgan fingerprint density at radius 1 is 1.30 bits per heavy atom. The Morgan fingerprint density at radius 3 is 2.40 bits per heavy atom. The van der Waals surface area contributed by atoms with Crippen molar-refractivity contribution in [3.63, 3.8) is 0 Å². The van der Waals surface area contributed by atoms with Crippen LogP contribution in [-0.2, 0) is 4.79 Å². The highest BCUT2D eigenvalue weighted by Gasteiger charge is 2.21. The number of nitrogens with one attached hydrogen (secondary N) is 2. The summed E-state index contributed by atoms with van der Waals surface area (Å²) in [4.78, 5) is 11.9. The summed E-state index contributed by atoms with van der Waals surface area (Å²) in [6.45, 7) is 7.18. The molecule has 0 aliphatic carbocycles. The second-order valence-corrected chi connectivity index (χ2v) is 5.75. The fourth-order valence-electron chi connectivity index (χ4n) is 1.67. The topological polar surface area (TPSA) is 67.1 Å². The van der Waals surface area contributed by atoms with Crippen LogP contribution in [0.25, 0.3) is 0 Å². The average molecular weight is 285 g/mol. The summed E-state index contributed by atoms with van der Waals surface area (Å²) in [5.74, 6) is -0.255. The van der Waals surface area contributed by atoms with Crippen LogP contribution in [0.4, 0.5) is 20.2 Å². The number of rotatable bonds is 4. The summed E-state index contributed by atoms with van der Waals surface area (Å²) in [5.41, 5.74) is 5.39. The summed E-state index contributed by atoms with van der Waals surface area (Å²) in [6, 6.07) is 3.55. The van der Waals surface area contributed by atoms with Gasteiger partial charge in [-0.2, -0.15) is 0 Å². The zero-order chi connectivity index (χ0) is 15.5. The molecule has 1 rings (SSSR count). The van der Waals surface area contributed by atoms with Crippen molar-refractivity contribution in [3.05, 3.63) is 23.8 Å². The number of hydrogen-bond donors (Lipinski definition) is 3. The van der Waals surface area contributed by atoms with E-state index in [0.717, 1.165) is 0 Å². The van der Waals surface area contributed by atoms with Gasteiger partial charge in [-0.3, -0.25) is 4.79 Å². The molecule has 4 nitrogen and oxygen atoms in total. The number of nitrogens with two attached hydrogens (primary N) is 1. The van der Waals surface area contributed by atoms with E-state index in [0.29, 0.717) is 0 Å². The number of hydrogen-bond acceptors (Lipinski definition) is 3. The fourth-order valence-corrected chi connectivity index (χ4v) is 1.67. The van der Waals surface area contributed by atoms with Crippen LogP contribution in [0.3, 0.4) is 0 Å². The van der Waals surface area contributed by atoms with E-state index >= 15 is 0 Å². The van der Waals surface area contributed by atoms with Crippen LogP contribution in [0.15, 0.2) is 18.2 Å². The molecule has 4 N–H and O–H groups in total. The van der Waals surface area contributed by atoms with Crippen molar-refractivity contribution in [2.24, 2.45) is 0 Å². The van der Waals surface area contributed by atoms with Crippen molar-refractivity contribution < 1.29 is 13.6 Å². The Labute approximate surface area is 117 Å². The molecule has 1 aromatic carbocycles. The van der Waals surface area contributed by atoms with Crippen LogP contribution in [0.1, 0.15) is 39.7 Å². The minimum atomic E-state index is -2.65. The Balaban J connectivity index is 2.85. The lowest BCUT2D eigenvalue weighted by molar-refractivity contribution is -0.122. The first-order valence-electron chi connectivity index (χ1n) is 6.36. The summed E-state index contributed by atoms with van der Waals surface area (Å²) in [7, 11) is 0. The molecule has 0 fully saturated rings. The Kier molecular flexibility index (Phi) is 4.92. The Bertz CT molecular complexity index is 484. The largest absolute Gasteiger partial charge is 0.399 e. The molecule has 112 valence electrons. The number of alkyl halides is 2. The van der Waals surface area contributed by atoms with Crippen LogP contribution >= 0.6 is 0 Å². The van der Waals surface area contributed by atoms with Gasteiger partial charge in [0.05, 0.1) is 0 Å². The summed E-state index contributed by atoms with van der Waals surface area (Å²) >= 11 is 0. The first kappa shape index (κ1) is 16.2. The predicted molar refractivity (Wildman–Crippen MR) is 76.8 cm³/mol. The number of carbonyl (C=O) groups is 1. The molecule has 0 spiro atoms. The fraction of sp³-hybridized carbons (Fsp3) is 0.500. The van der Waals surface area contributed by atoms with Crippen molar-refractivity contribution in [2.75, 3.05) is 11.1 Å². The zero-order valence-electron chi connectivity index (χ0n) is 12.1. The second kappa shape index (κ2) is 6.07. The monoisotopic (exact) mass is 285 g/mol. The number of carbonyl (C=O) groups excluding carboxylic acids is 1. The molecule has 0 saturated carbocycles. The Hall–Kier alpha value is -1.85. The third kappa shape index (κ3) is 4.68. The zero-order valence-corrected chi connectivity index (χ0v) is 12.1. The first-order chi connectivity index (χ1) is 9.10. The molecule has 0 aliphatic heterocycles. The van der Waals surface area contributed by atoms with E-state index in [2.05, 4.69) is 10.6 Å². The van der Waals surface area contributed by atoms with Gasteiger partial charge in [-0.15, -0.1) is 0 Å². The van der Waals surface area contributed by atoms with Gasteiger partial charge in [0.15, 0.2) is 0 Å². The van der Waals surface area contributed by atoms with E-state index in [-0.39, 0.29) is 28.4 Å². The van der Waals surface area contributed by atoms with Crippen LogP contribution in [0.5, 0.6) is 0 Å². The molecule has 1 aromatic rings. The quantitative estimate of drug-likeness (QED) is 0.745. The minimum absolute atomic E-state index is 0.208. The summed E-state index contributed by atoms with van der Waals surface area (Å²) in [6.07, 6.45) is -2.65. The van der Waals surface area contributed by atoms with E-state index in [1.165, 1.54) is 18.2 Å². The molecule has 0 radical (unpaired) electrons. The normalized spacial score (nSPS) is 13.2. The molecular weight excluding hydrogens is 264 g/mol. The van der Waals surface area contributed by atoms with Crippen molar-refractivity contribution in [2.45, 2.75) is 45.7 Å². The maximum atomic E-state index is 12.9. The molecular formula is C14H21F2N3O. The maximum Gasteiger partial charge on any atom is 0.265 e. The van der Waals surface area contributed by atoms with Crippen LogP contribution < -0.4 is 16.4 Å². The third-order valence-electron chi connectivity index (χ3n) is 2.57. The lowest BCUT2D eigenvalue weighted by Gasteiger charge is -2.24. The molecule has 1 unspecified atom stereocenters. The lowest BCUT2D eigenvalue weighted by Crippen LogP contribution is -2.47. The van der Waals surface area contributed by atoms with Gasteiger partial charge in [-0.05, 0) is 45.9 Å². The highest BCUT2D eigenvalue weighted by atomic mass is 19.3. The van der Waals surface area contributed by atoms with Gasteiger partial charge in [0, 0.05) is 22.5 Å². The van der Waals surface area contributed by atoms with Crippen molar-refractivity contribution in [1.29, 1.82) is 0 Å². The number of amides is 1. The van der Waals surface area contributed by atoms with Crippen molar-refractivity contribution >= 4 is 17.3 Å². The highest BCUT2D eigenvalue weighted by molar-refractivity contribution is 5.85. The first-order valence-corrected chi connectivity index (χ1v) is 6.36.